The van der Waals surface area contributed by atoms with Crippen LogP contribution in [-0.4, -0.2) is 22.3 Å². The van der Waals surface area contributed by atoms with Gasteiger partial charge in [0.1, 0.15) is 10.8 Å². The van der Waals surface area contributed by atoms with Gasteiger partial charge in [-0.1, -0.05) is 23.5 Å². The second kappa shape index (κ2) is 4.94. The number of benzene rings is 1. The number of hydrogen-bond donors (Lipinski definition) is 1. The lowest BCUT2D eigenvalue weighted by Crippen LogP contribution is -1.85. The highest BCUT2D eigenvalue weighted by Crippen LogP contribution is 2.37. The number of para-hydroxylation sites is 1. The van der Waals surface area contributed by atoms with E-state index in [4.69, 9.17) is 10.5 Å². The molecule has 2 aromatic heterocycles. The fourth-order valence-corrected chi connectivity index (χ4v) is 3.24. The molecule has 5 nitrogen and oxygen atoms in total. The number of rotatable bonds is 3. The molecule has 2 N–H and O–H groups in total. The maximum atomic E-state index is 5.59. The Hall–Kier alpha value is -1.99. The molecule has 0 aliphatic rings. The minimum Gasteiger partial charge on any atom is -0.496 e. The molecule has 0 amide bonds. The van der Waals surface area contributed by atoms with E-state index in [9.17, 15) is 0 Å². The van der Waals surface area contributed by atoms with E-state index in [-0.39, 0.29) is 0 Å². The molecule has 7 heteroatoms. The molecule has 96 valence electrons. The molecule has 0 bridgehead atoms. The second-order valence-corrected chi connectivity index (χ2v) is 5.72. The zero-order valence-electron chi connectivity index (χ0n) is 10.0. The van der Waals surface area contributed by atoms with Crippen LogP contribution in [0.4, 0.5) is 5.13 Å². The molecule has 0 saturated heterocycles. The van der Waals surface area contributed by atoms with E-state index >= 15 is 0 Å². The zero-order chi connectivity index (χ0) is 13.2. The van der Waals surface area contributed by atoms with E-state index in [1.807, 2.05) is 24.3 Å². The summed E-state index contributed by atoms with van der Waals surface area (Å²) in [4.78, 5) is 5.37. The highest BCUT2D eigenvalue weighted by molar-refractivity contribution is 7.24. The summed E-state index contributed by atoms with van der Waals surface area (Å²) in [5, 5.41) is 9.97. The van der Waals surface area contributed by atoms with E-state index in [0.717, 1.165) is 26.2 Å². The Kier molecular flexibility index (Phi) is 3.14. The number of anilines is 1. The van der Waals surface area contributed by atoms with E-state index < -0.39 is 0 Å². The maximum Gasteiger partial charge on any atom is 0.203 e. The van der Waals surface area contributed by atoms with Gasteiger partial charge in [0.05, 0.1) is 17.6 Å². The van der Waals surface area contributed by atoms with Crippen molar-refractivity contribution in [2.45, 2.75) is 0 Å². The average molecular weight is 290 g/mol. The lowest BCUT2D eigenvalue weighted by molar-refractivity contribution is 0.416. The molecule has 3 aromatic rings. The van der Waals surface area contributed by atoms with Crippen LogP contribution in [0.2, 0.25) is 0 Å². The van der Waals surface area contributed by atoms with Crippen LogP contribution in [0.1, 0.15) is 0 Å². The lowest BCUT2D eigenvalue weighted by atomic mass is 10.2. The minimum atomic E-state index is 0.460. The van der Waals surface area contributed by atoms with Crippen molar-refractivity contribution in [3.63, 3.8) is 0 Å². The van der Waals surface area contributed by atoms with Crippen LogP contribution >= 0.6 is 22.7 Å². The van der Waals surface area contributed by atoms with E-state index in [1.54, 1.807) is 24.6 Å². The summed E-state index contributed by atoms with van der Waals surface area (Å²) in [7, 11) is 1.65. The van der Waals surface area contributed by atoms with Gasteiger partial charge >= 0.3 is 0 Å². The van der Waals surface area contributed by atoms with Crippen LogP contribution in [0.5, 0.6) is 5.75 Å². The number of hydrogen-bond acceptors (Lipinski definition) is 7. The molecule has 0 radical (unpaired) electrons. The first-order chi connectivity index (χ1) is 9.28. The van der Waals surface area contributed by atoms with E-state index in [0.29, 0.717) is 5.13 Å². The monoisotopic (exact) mass is 290 g/mol. The Labute approximate surface area is 117 Å². The highest BCUT2D eigenvalue weighted by Gasteiger charge is 2.13. The number of nitrogens with two attached hydrogens (primary N) is 1. The van der Waals surface area contributed by atoms with Gasteiger partial charge in [0.15, 0.2) is 5.01 Å². The minimum absolute atomic E-state index is 0.460. The molecule has 0 atom stereocenters. The summed E-state index contributed by atoms with van der Waals surface area (Å²) in [6.45, 7) is 0. The number of ether oxygens (including phenoxy) is 1. The molecule has 0 fully saturated rings. The number of aromatic nitrogens is 3. The highest BCUT2D eigenvalue weighted by atomic mass is 32.1. The Bertz CT molecular complexity index is 707. The third-order valence-electron chi connectivity index (χ3n) is 2.49. The van der Waals surface area contributed by atoms with Crippen LogP contribution in [0, 0.1) is 0 Å². The fraction of sp³-hybridized carbons (Fsp3) is 0.0833. The third-order valence-corrected chi connectivity index (χ3v) is 4.45. The molecule has 0 saturated carbocycles. The van der Waals surface area contributed by atoms with Gasteiger partial charge < -0.3 is 10.5 Å². The van der Waals surface area contributed by atoms with Crippen molar-refractivity contribution in [3.8, 4) is 26.2 Å². The van der Waals surface area contributed by atoms with Crippen molar-refractivity contribution in [1.82, 2.24) is 15.2 Å². The number of thiazole rings is 1. The molecular weight excluding hydrogens is 280 g/mol. The molecule has 1 aromatic carbocycles. The Morgan fingerprint density at radius 2 is 1.95 bits per heavy atom. The van der Waals surface area contributed by atoms with Crippen molar-refractivity contribution in [3.05, 3.63) is 30.5 Å². The Morgan fingerprint density at radius 3 is 2.68 bits per heavy atom. The zero-order valence-corrected chi connectivity index (χ0v) is 11.7. The predicted octanol–water partition coefficient (Wildman–Crippen LogP) is 2.92. The SMILES string of the molecule is COc1ccccc1-c1ncc(-c2nnc(N)s2)s1. The number of methoxy groups -OCH3 is 1. The second-order valence-electron chi connectivity index (χ2n) is 3.68. The first kappa shape index (κ1) is 12.1. The van der Waals surface area contributed by atoms with E-state index in [1.165, 1.54) is 11.3 Å². The van der Waals surface area contributed by atoms with Crippen molar-refractivity contribution in [2.75, 3.05) is 12.8 Å². The van der Waals surface area contributed by atoms with Gasteiger partial charge in [-0.25, -0.2) is 4.98 Å². The topological polar surface area (TPSA) is 73.9 Å². The number of nitrogen functional groups attached to an aromatic ring is 1. The summed E-state index contributed by atoms with van der Waals surface area (Å²) in [6.07, 6.45) is 1.78. The van der Waals surface area contributed by atoms with Crippen LogP contribution < -0.4 is 10.5 Å². The first-order valence-corrected chi connectivity index (χ1v) is 7.10. The molecule has 0 aliphatic heterocycles. The Morgan fingerprint density at radius 1 is 1.11 bits per heavy atom. The normalized spacial score (nSPS) is 10.6. The smallest absolute Gasteiger partial charge is 0.203 e. The van der Waals surface area contributed by atoms with E-state index in [2.05, 4.69) is 15.2 Å². The van der Waals surface area contributed by atoms with Crippen LogP contribution in [0.15, 0.2) is 30.5 Å². The molecule has 0 unspecified atom stereocenters. The molecule has 0 spiro atoms. The molecule has 0 aliphatic carbocycles. The third kappa shape index (κ3) is 2.29. The van der Waals surface area contributed by atoms with Crippen molar-refractivity contribution >= 4 is 27.8 Å². The van der Waals surface area contributed by atoms with Gasteiger partial charge in [-0.15, -0.1) is 21.5 Å². The molecule has 19 heavy (non-hydrogen) atoms. The van der Waals surface area contributed by atoms with Crippen molar-refractivity contribution in [1.29, 1.82) is 0 Å². The van der Waals surface area contributed by atoms with Crippen LogP contribution in [0.3, 0.4) is 0 Å². The number of nitrogens with zero attached hydrogens (tertiary/aromatic N) is 3. The quantitative estimate of drug-likeness (QED) is 0.802. The predicted molar refractivity (Wildman–Crippen MR) is 77.4 cm³/mol. The van der Waals surface area contributed by atoms with Crippen LogP contribution in [-0.2, 0) is 0 Å². The maximum absolute atomic E-state index is 5.59. The van der Waals surface area contributed by atoms with Crippen molar-refractivity contribution in [2.24, 2.45) is 0 Å². The summed E-state index contributed by atoms with van der Waals surface area (Å²) in [6, 6.07) is 7.79. The molecule has 2 heterocycles. The standard InChI is InChI=1S/C12H10N4OS2/c1-17-8-5-3-2-4-7(8)10-14-6-9(18-10)11-15-16-12(13)19-11/h2-6H,1H3,(H2,13,16). The summed E-state index contributed by atoms with van der Waals surface area (Å²) < 4.78 is 5.34. The van der Waals surface area contributed by atoms with Gasteiger partial charge in [-0.2, -0.15) is 0 Å². The van der Waals surface area contributed by atoms with Gasteiger partial charge in [0.2, 0.25) is 5.13 Å². The van der Waals surface area contributed by atoms with Gasteiger partial charge in [0, 0.05) is 6.20 Å². The van der Waals surface area contributed by atoms with Gasteiger partial charge in [-0.3, -0.25) is 0 Å². The summed E-state index contributed by atoms with van der Waals surface area (Å²) in [5.74, 6) is 0.806. The van der Waals surface area contributed by atoms with Crippen molar-refractivity contribution < 1.29 is 4.74 Å². The average Bonchev–Trinajstić information content (AvgIpc) is 3.07. The van der Waals surface area contributed by atoms with Gasteiger partial charge in [-0.05, 0) is 12.1 Å². The summed E-state index contributed by atoms with van der Waals surface area (Å²) in [5.41, 5.74) is 6.56. The largest absolute Gasteiger partial charge is 0.496 e. The lowest BCUT2D eigenvalue weighted by Gasteiger charge is -2.04. The fourth-order valence-electron chi connectivity index (χ4n) is 1.65. The Balaban J connectivity index is 2.01. The molecule has 3 rings (SSSR count). The first-order valence-electron chi connectivity index (χ1n) is 5.46. The summed E-state index contributed by atoms with van der Waals surface area (Å²) >= 11 is 2.90. The van der Waals surface area contributed by atoms with Gasteiger partial charge in [0.25, 0.3) is 0 Å². The van der Waals surface area contributed by atoms with Crippen LogP contribution in [0.25, 0.3) is 20.5 Å². The molecular formula is C12H10N4OS2.